The molecule has 0 aliphatic carbocycles. The first kappa shape index (κ1) is 12.8. The molecule has 0 atom stereocenters. The van der Waals surface area contributed by atoms with Crippen LogP contribution >= 0.6 is 0 Å². The molecule has 104 valence electrons. The van der Waals surface area contributed by atoms with Crippen LogP contribution in [0, 0.1) is 0 Å². The lowest BCUT2D eigenvalue weighted by atomic mass is 10.2. The molecule has 0 spiro atoms. The number of rotatable bonds is 3. The van der Waals surface area contributed by atoms with E-state index in [4.69, 9.17) is 0 Å². The molecule has 1 aliphatic heterocycles. The number of hydrogen-bond donors (Lipinski definition) is 2. The summed E-state index contributed by atoms with van der Waals surface area (Å²) in [6.07, 6.45) is 1.61. The van der Waals surface area contributed by atoms with E-state index in [-0.39, 0.29) is 5.69 Å². The van der Waals surface area contributed by atoms with E-state index >= 15 is 0 Å². The van der Waals surface area contributed by atoms with Gasteiger partial charge in [0.15, 0.2) is 5.82 Å². The van der Waals surface area contributed by atoms with E-state index < -0.39 is 0 Å². The number of nitrogens with zero attached hydrogens (tertiary/aromatic N) is 3. The molecule has 1 saturated heterocycles. The first-order valence-electron chi connectivity index (χ1n) is 6.85. The summed E-state index contributed by atoms with van der Waals surface area (Å²) in [6, 6.07) is 10.5. The van der Waals surface area contributed by atoms with Gasteiger partial charge in [-0.2, -0.15) is 10.1 Å². The van der Waals surface area contributed by atoms with Gasteiger partial charge in [-0.25, -0.2) is 9.89 Å². The van der Waals surface area contributed by atoms with E-state index in [1.54, 1.807) is 11.1 Å². The molecule has 1 aliphatic rings. The summed E-state index contributed by atoms with van der Waals surface area (Å²) in [5.74, 6) is 0.674. The Balaban J connectivity index is 1.58. The van der Waals surface area contributed by atoms with Gasteiger partial charge >= 0.3 is 5.69 Å². The first-order valence-corrected chi connectivity index (χ1v) is 6.85. The van der Waals surface area contributed by atoms with Gasteiger partial charge in [-0.1, -0.05) is 30.3 Å². The normalized spacial score (nSPS) is 16.3. The highest BCUT2D eigenvalue weighted by Gasteiger charge is 2.21. The monoisotopic (exact) mass is 272 g/mol. The van der Waals surface area contributed by atoms with Crippen molar-refractivity contribution in [2.75, 3.05) is 31.1 Å². The van der Waals surface area contributed by atoms with Crippen molar-refractivity contribution in [1.82, 2.24) is 15.2 Å². The maximum absolute atomic E-state index is 11.2. The molecule has 2 aromatic rings. The van der Waals surface area contributed by atoms with Crippen molar-refractivity contribution in [3.05, 3.63) is 52.6 Å². The first-order chi connectivity index (χ1) is 9.81. The molecule has 1 fully saturated rings. The van der Waals surface area contributed by atoms with E-state index in [1.165, 1.54) is 5.56 Å². The molecule has 1 aromatic heterocycles. The standard InChI is InChI=1S/C14H17N5O/c20-14-16-13(10-15-17-14)19-8-6-18(7-9-19)11-12-4-2-1-3-5-12/h1-5,10H,6-9,11H2,(H,16,17,20)/p+1. The number of benzene rings is 1. The van der Waals surface area contributed by atoms with Gasteiger partial charge in [-0.3, -0.25) is 0 Å². The number of aromatic amines is 1. The van der Waals surface area contributed by atoms with Crippen molar-refractivity contribution in [2.24, 2.45) is 0 Å². The Hall–Kier alpha value is -2.21. The number of H-pyrrole nitrogens is 1. The van der Waals surface area contributed by atoms with Crippen molar-refractivity contribution in [3.63, 3.8) is 0 Å². The van der Waals surface area contributed by atoms with E-state index in [1.807, 2.05) is 6.07 Å². The second-order valence-corrected chi connectivity index (χ2v) is 5.04. The maximum atomic E-state index is 11.2. The number of aromatic nitrogens is 3. The van der Waals surface area contributed by atoms with Crippen molar-refractivity contribution in [3.8, 4) is 0 Å². The molecule has 0 unspecified atom stereocenters. The fourth-order valence-corrected chi connectivity index (χ4v) is 2.57. The number of quaternary nitrogens is 1. The lowest BCUT2D eigenvalue weighted by Gasteiger charge is -2.32. The predicted octanol–water partition coefficient (Wildman–Crippen LogP) is -0.930. The average Bonchev–Trinajstić information content (AvgIpc) is 2.49. The zero-order chi connectivity index (χ0) is 13.8. The summed E-state index contributed by atoms with van der Waals surface area (Å²) in [5, 5.41) is 6.10. The number of anilines is 1. The summed E-state index contributed by atoms with van der Waals surface area (Å²) in [5.41, 5.74) is 0.980. The van der Waals surface area contributed by atoms with Crippen LogP contribution in [0.1, 0.15) is 5.56 Å². The smallest absolute Gasteiger partial charge is 0.344 e. The van der Waals surface area contributed by atoms with Crippen LogP contribution in [-0.4, -0.2) is 41.4 Å². The van der Waals surface area contributed by atoms with Gasteiger partial charge in [0.2, 0.25) is 0 Å². The van der Waals surface area contributed by atoms with E-state index in [0.717, 1.165) is 32.7 Å². The van der Waals surface area contributed by atoms with Crippen molar-refractivity contribution in [1.29, 1.82) is 0 Å². The van der Waals surface area contributed by atoms with E-state index in [9.17, 15) is 4.79 Å². The second-order valence-electron chi connectivity index (χ2n) is 5.04. The molecule has 6 heteroatoms. The van der Waals surface area contributed by atoms with Crippen molar-refractivity contribution >= 4 is 5.82 Å². The zero-order valence-electron chi connectivity index (χ0n) is 11.2. The molecule has 0 bridgehead atoms. The molecular formula is C14H18N5O+. The Kier molecular flexibility index (Phi) is 3.73. The van der Waals surface area contributed by atoms with Gasteiger partial charge in [0, 0.05) is 5.56 Å². The largest absolute Gasteiger partial charge is 0.363 e. The molecule has 0 amide bonds. The Morgan fingerprint density at radius 1 is 1.20 bits per heavy atom. The summed E-state index contributed by atoms with van der Waals surface area (Å²) in [7, 11) is 0. The van der Waals surface area contributed by atoms with Crippen LogP contribution in [0.4, 0.5) is 5.82 Å². The van der Waals surface area contributed by atoms with Gasteiger partial charge in [0.25, 0.3) is 0 Å². The Morgan fingerprint density at radius 2 is 1.95 bits per heavy atom. The van der Waals surface area contributed by atoms with E-state index in [2.05, 4.69) is 44.3 Å². The molecule has 0 saturated carbocycles. The van der Waals surface area contributed by atoms with Crippen LogP contribution in [-0.2, 0) is 6.54 Å². The molecule has 0 radical (unpaired) electrons. The number of nitrogens with one attached hydrogen (secondary N) is 2. The van der Waals surface area contributed by atoms with Crippen LogP contribution in [0.5, 0.6) is 0 Å². The third kappa shape index (κ3) is 3.03. The van der Waals surface area contributed by atoms with Gasteiger partial charge in [0.1, 0.15) is 6.54 Å². The minimum absolute atomic E-state index is 0.387. The molecule has 2 N–H and O–H groups in total. The molecule has 1 aromatic carbocycles. The SMILES string of the molecule is O=c1nc(N2CC[NH+](Cc3ccccc3)CC2)cn[nH]1. The minimum Gasteiger partial charge on any atom is -0.344 e. The summed E-state index contributed by atoms with van der Waals surface area (Å²) in [4.78, 5) is 18.8. The molecule has 6 nitrogen and oxygen atoms in total. The summed E-state index contributed by atoms with van der Waals surface area (Å²) in [6.45, 7) is 4.95. The topological polar surface area (TPSA) is 66.3 Å². The highest BCUT2D eigenvalue weighted by Crippen LogP contribution is 2.05. The molecule has 3 rings (SSSR count). The predicted molar refractivity (Wildman–Crippen MR) is 75.7 cm³/mol. The third-order valence-electron chi connectivity index (χ3n) is 3.65. The van der Waals surface area contributed by atoms with E-state index in [0.29, 0.717) is 5.82 Å². The van der Waals surface area contributed by atoms with Crippen molar-refractivity contribution < 1.29 is 4.90 Å². The molecular weight excluding hydrogens is 254 g/mol. The van der Waals surface area contributed by atoms with Crippen LogP contribution in [0.3, 0.4) is 0 Å². The van der Waals surface area contributed by atoms with Crippen LogP contribution in [0.25, 0.3) is 0 Å². The average molecular weight is 272 g/mol. The van der Waals surface area contributed by atoms with Gasteiger partial charge in [-0.15, -0.1) is 0 Å². The van der Waals surface area contributed by atoms with Gasteiger partial charge in [0.05, 0.1) is 32.4 Å². The lowest BCUT2D eigenvalue weighted by Crippen LogP contribution is -3.13. The van der Waals surface area contributed by atoms with Crippen LogP contribution < -0.4 is 15.5 Å². The molecule has 2 heterocycles. The Morgan fingerprint density at radius 3 is 2.65 bits per heavy atom. The fourth-order valence-electron chi connectivity index (χ4n) is 2.57. The fraction of sp³-hybridized carbons (Fsp3) is 0.357. The zero-order valence-corrected chi connectivity index (χ0v) is 11.2. The molecule has 20 heavy (non-hydrogen) atoms. The summed E-state index contributed by atoms with van der Waals surface area (Å²) >= 11 is 0. The van der Waals surface area contributed by atoms with Crippen LogP contribution in [0.2, 0.25) is 0 Å². The maximum Gasteiger partial charge on any atom is 0.363 e. The van der Waals surface area contributed by atoms with Crippen molar-refractivity contribution in [2.45, 2.75) is 6.54 Å². The summed E-state index contributed by atoms with van der Waals surface area (Å²) < 4.78 is 0. The highest BCUT2D eigenvalue weighted by molar-refractivity contribution is 5.34. The quantitative estimate of drug-likeness (QED) is 0.758. The van der Waals surface area contributed by atoms with Crippen LogP contribution in [0.15, 0.2) is 41.3 Å². The van der Waals surface area contributed by atoms with Gasteiger partial charge in [-0.05, 0) is 0 Å². The van der Waals surface area contributed by atoms with Gasteiger partial charge < -0.3 is 9.80 Å². The number of hydrogen-bond acceptors (Lipinski definition) is 4. The second kappa shape index (κ2) is 5.83. The Bertz CT molecular complexity index is 604. The Labute approximate surface area is 117 Å². The minimum atomic E-state index is -0.387. The third-order valence-corrected chi connectivity index (χ3v) is 3.65. The highest BCUT2D eigenvalue weighted by atomic mass is 16.1. The lowest BCUT2D eigenvalue weighted by molar-refractivity contribution is -0.914. The number of piperazine rings is 1.